The predicted molar refractivity (Wildman–Crippen MR) is 49.1 cm³/mol. The van der Waals surface area contributed by atoms with E-state index in [1.165, 1.54) is 25.7 Å². The SMILES string of the molecule is COCC(C#N)(NC1CC1)C1CC1. The van der Waals surface area contributed by atoms with E-state index in [9.17, 15) is 5.26 Å². The second-order valence-electron chi connectivity index (χ2n) is 4.21. The molecule has 0 spiro atoms. The van der Waals surface area contributed by atoms with Gasteiger partial charge >= 0.3 is 0 Å². The lowest BCUT2D eigenvalue weighted by atomic mass is 9.96. The highest BCUT2D eigenvalue weighted by atomic mass is 16.5. The van der Waals surface area contributed by atoms with Gasteiger partial charge in [0, 0.05) is 13.2 Å². The number of nitriles is 1. The van der Waals surface area contributed by atoms with E-state index in [-0.39, 0.29) is 5.54 Å². The van der Waals surface area contributed by atoms with E-state index in [2.05, 4.69) is 11.4 Å². The Morgan fingerprint density at radius 3 is 2.54 bits per heavy atom. The molecule has 0 radical (unpaired) electrons. The molecule has 1 atom stereocenters. The van der Waals surface area contributed by atoms with Gasteiger partial charge in [-0.3, -0.25) is 5.32 Å². The summed E-state index contributed by atoms with van der Waals surface area (Å²) in [6.45, 7) is 0.532. The third-order valence-corrected chi connectivity index (χ3v) is 2.88. The molecule has 0 aliphatic heterocycles. The Bertz CT molecular complexity index is 228. The first kappa shape index (κ1) is 8.98. The highest BCUT2D eigenvalue weighted by molar-refractivity contribution is 5.17. The van der Waals surface area contributed by atoms with Gasteiger partial charge in [0.05, 0.1) is 12.7 Å². The van der Waals surface area contributed by atoms with Gasteiger partial charge < -0.3 is 4.74 Å². The van der Waals surface area contributed by atoms with Crippen LogP contribution in [0.1, 0.15) is 25.7 Å². The Hall–Kier alpha value is -0.590. The maximum Gasteiger partial charge on any atom is 0.133 e. The van der Waals surface area contributed by atoms with Gasteiger partial charge in [0.2, 0.25) is 0 Å². The van der Waals surface area contributed by atoms with E-state index in [1.807, 2.05) is 0 Å². The van der Waals surface area contributed by atoms with Gasteiger partial charge in [-0.2, -0.15) is 5.26 Å². The summed E-state index contributed by atoms with van der Waals surface area (Å²) < 4.78 is 5.14. The quantitative estimate of drug-likeness (QED) is 0.688. The minimum Gasteiger partial charge on any atom is -0.382 e. The number of ether oxygens (including phenoxy) is 1. The summed E-state index contributed by atoms with van der Waals surface area (Å²) in [5, 5.41) is 12.6. The van der Waals surface area contributed by atoms with Crippen molar-refractivity contribution in [1.82, 2.24) is 5.32 Å². The second kappa shape index (κ2) is 3.28. The summed E-state index contributed by atoms with van der Waals surface area (Å²) in [6.07, 6.45) is 4.80. The fraction of sp³-hybridized carbons (Fsp3) is 0.900. The highest BCUT2D eigenvalue weighted by Crippen LogP contribution is 2.41. The number of nitrogens with zero attached hydrogens (tertiary/aromatic N) is 1. The molecule has 2 fully saturated rings. The molecule has 0 amide bonds. The first-order valence-corrected chi connectivity index (χ1v) is 4.98. The van der Waals surface area contributed by atoms with Crippen LogP contribution in [0.15, 0.2) is 0 Å². The Morgan fingerprint density at radius 2 is 2.15 bits per heavy atom. The minimum absolute atomic E-state index is 0.379. The molecule has 3 nitrogen and oxygen atoms in total. The van der Waals surface area contributed by atoms with Crippen molar-refractivity contribution in [2.45, 2.75) is 37.3 Å². The summed E-state index contributed by atoms with van der Waals surface area (Å²) in [4.78, 5) is 0. The predicted octanol–water partition coefficient (Wildman–Crippen LogP) is 1.06. The van der Waals surface area contributed by atoms with Crippen LogP contribution in [-0.2, 0) is 4.74 Å². The number of methoxy groups -OCH3 is 1. The van der Waals surface area contributed by atoms with Crippen LogP contribution in [0.4, 0.5) is 0 Å². The molecule has 2 saturated carbocycles. The number of hydrogen-bond donors (Lipinski definition) is 1. The highest BCUT2D eigenvalue weighted by Gasteiger charge is 2.48. The van der Waals surface area contributed by atoms with Crippen molar-refractivity contribution < 1.29 is 4.74 Å². The first-order chi connectivity index (χ1) is 6.30. The molecule has 3 heteroatoms. The molecule has 0 heterocycles. The van der Waals surface area contributed by atoms with Gasteiger partial charge in [0.25, 0.3) is 0 Å². The molecule has 1 unspecified atom stereocenters. The molecule has 0 aromatic heterocycles. The zero-order chi connectivity index (χ0) is 9.31. The van der Waals surface area contributed by atoms with E-state index < -0.39 is 0 Å². The van der Waals surface area contributed by atoms with E-state index in [0.29, 0.717) is 18.6 Å². The zero-order valence-electron chi connectivity index (χ0n) is 8.05. The first-order valence-electron chi connectivity index (χ1n) is 4.98. The minimum atomic E-state index is -0.379. The van der Waals surface area contributed by atoms with Crippen LogP contribution in [0.25, 0.3) is 0 Å². The molecule has 0 bridgehead atoms. The van der Waals surface area contributed by atoms with Gasteiger partial charge in [0.15, 0.2) is 0 Å². The molecule has 2 rings (SSSR count). The molecular weight excluding hydrogens is 164 g/mol. The van der Waals surface area contributed by atoms with E-state index >= 15 is 0 Å². The second-order valence-corrected chi connectivity index (χ2v) is 4.21. The molecule has 2 aliphatic carbocycles. The van der Waals surface area contributed by atoms with Crippen molar-refractivity contribution >= 4 is 0 Å². The summed E-state index contributed by atoms with van der Waals surface area (Å²) in [5.41, 5.74) is -0.379. The van der Waals surface area contributed by atoms with Crippen molar-refractivity contribution in [3.63, 3.8) is 0 Å². The Morgan fingerprint density at radius 1 is 1.46 bits per heavy atom. The van der Waals surface area contributed by atoms with Crippen LogP contribution >= 0.6 is 0 Å². The van der Waals surface area contributed by atoms with Crippen molar-refractivity contribution in [1.29, 1.82) is 5.26 Å². The van der Waals surface area contributed by atoms with Crippen molar-refractivity contribution in [3.8, 4) is 6.07 Å². The van der Waals surface area contributed by atoms with Crippen LogP contribution in [0, 0.1) is 17.2 Å². The molecule has 0 aromatic carbocycles. The lowest BCUT2D eigenvalue weighted by Gasteiger charge is -2.27. The Kier molecular flexibility index (Phi) is 2.27. The summed E-state index contributed by atoms with van der Waals surface area (Å²) in [5.74, 6) is 0.526. The van der Waals surface area contributed by atoms with Crippen LogP contribution < -0.4 is 5.32 Å². The zero-order valence-corrected chi connectivity index (χ0v) is 8.05. The largest absolute Gasteiger partial charge is 0.382 e. The van der Waals surface area contributed by atoms with Gasteiger partial charge in [-0.15, -0.1) is 0 Å². The molecule has 1 N–H and O–H groups in total. The van der Waals surface area contributed by atoms with Gasteiger partial charge in [-0.1, -0.05) is 0 Å². The molecule has 2 aliphatic rings. The maximum atomic E-state index is 9.20. The fourth-order valence-corrected chi connectivity index (χ4v) is 1.83. The average Bonchev–Trinajstić information content (AvgIpc) is 2.97. The van der Waals surface area contributed by atoms with Gasteiger partial charge in [-0.25, -0.2) is 0 Å². The maximum absolute atomic E-state index is 9.20. The lowest BCUT2D eigenvalue weighted by molar-refractivity contribution is 0.124. The van der Waals surface area contributed by atoms with E-state index in [0.717, 1.165) is 0 Å². The molecule has 13 heavy (non-hydrogen) atoms. The standard InChI is InChI=1S/C10H16N2O/c1-13-7-10(6-11,8-2-3-8)12-9-4-5-9/h8-9,12H,2-5,7H2,1H3. The normalized spacial score (nSPS) is 26.5. The van der Waals surface area contributed by atoms with Crippen molar-refractivity contribution in [2.24, 2.45) is 5.92 Å². The number of rotatable bonds is 5. The summed E-state index contributed by atoms with van der Waals surface area (Å²) in [7, 11) is 1.67. The van der Waals surface area contributed by atoms with Crippen LogP contribution in [0.3, 0.4) is 0 Å². The smallest absolute Gasteiger partial charge is 0.133 e. The molecular formula is C10H16N2O. The third kappa shape index (κ3) is 1.84. The molecule has 72 valence electrons. The van der Waals surface area contributed by atoms with Crippen LogP contribution in [0.5, 0.6) is 0 Å². The van der Waals surface area contributed by atoms with Crippen molar-refractivity contribution in [2.75, 3.05) is 13.7 Å². The fourth-order valence-electron chi connectivity index (χ4n) is 1.83. The van der Waals surface area contributed by atoms with Crippen molar-refractivity contribution in [3.05, 3.63) is 0 Å². The summed E-state index contributed by atoms with van der Waals surface area (Å²) in [6, 6.07) is 2.99. The van der Waals surface area contributed by atoms with E-state index in [1.54, 1.807) is 7.11 Å². The Labute approximate surface area is 79.1 Å². The van der Waals surface area contributed by atoms with Crippen LogP contribution in [-0.4, -0.2) is 25.3 Å². The van der Waals surface area contributed by atoms with E-state index in [4.69, 9.17) is 4.74 Å². The lowest BCUT2D eigenvalue weighted by Crippen LogP contribution is -2.51. The summed E-state index contributed by atoms with van der Waals surface area (Å²) >= 11 is 0. The van der Waals surface area contributed by atoms with Gasteiger partial charge in [0.1, 0.15) is 5.54 Å². The number of nitrogens with one attached hydrogen (secondary N) is 1. The molecule has 0 saturated heterocycles. The number of hydrogen-bond acceptors (Lipinski definition) is 3. The third-order valence-electron chi connectivity index (χ3n) is 2.88. The topological polar surface area (TPSA) is 45.0 Å². The average molecular weight is 180 g/mol. The monoisotopic (exact) mass is 180 g/mol. The Balaban J connectivity index is 2.01. The van der Waals surface area contributed by atoms with Gasteiger partial charge in [-0.05, 0) is 31.6 Å². The molecule has 0 aromatic rings. The van der Waals surface area contributed by atoms with Crippen LogP contribution in [0.2, 0.25) is 0 Å².